The van der Waals surface area contributed by atoms with Gasteiger partial charge in [0.25, 0.3) is 0 Å². The summed E-state index contributed by atoms with van der Waals surface area (Å²) < 4.78 is 0. The maximum atomic E-state index is 10.6. The molecule has 0 aliphatic heterocycles. The summed E-state index contributed by atoms with van der Waals surface area (Å²) in [6, 6.07) is 0. The van der Waals surface area contributed by atoms with Crippen molar-refractivity contribution in [3.8, 4) is 0 Å². The van der Waals surface area contributed by atoms with Crippen LogP contribution in [0, 0.1) is 17.3 Å². The van der Waals surface area contributed by atoms with Gasteiger partial charge in [-0.25, -0.2) is 0 Å². The highest BCUT2D eigenvalue weighted by Crippen LogP contribution is 2.58. The molecule has 0 aromatic carbocycles. The van der Waals surface area contributed by atoms with Crippen molar-refractivity contribution >= 4 is 5.97 Å². The minimum Gasteiger partial charge on any atom is -0.481 e. The predicted molar refractivity (Wildman–Crippen MR) is 104 cm³/mol. The van der Waals surface area contributed by atoms with E-state index in [-0.39, 0.29) is 23.9 Å². The summed E-state index contributed by atoms with van der Waals surface area (Å²) in [4.78, 5) is 10.6. The summed E-state index contributed by atoms with van der Waals surface area (Å²) in [6.07, 6.45) is 14.1. The number of aliphatic hydroxyl groups is 2. The van der Waals surface area contributed by atoms with Gasteiger partial charge in [0.05, 0.1) is 12.2 Å². The first-order valence-electron chi connectivity index (χ1n) is 10.3. The van der Waals surface area contributed by atoms with Gasteiger partial charge in [-0.05, 0) is 49.9 Å². The smallest absolute Gasteiger partial charge is 0.303 e. The van der Waals surface area contributed by atoms with Crippen LogP contribution in [0.4, 0.5) is 0 Å². The molecule has 0 aromatic heterocycles. The summed E-state index contributed by atoms with van der Waals surface area (Å²) in [5.41, 5.74) is 1.54. The van der Waals surface area contributed by atoms with Gasteiger partial charge in [-0.2, -0.15) is 0 Å². The molecule has 26 heavy (non-hydrogen) atoms. The van der Waals surface area contributed by atoms with Crippen molar-refractivity contribution in [3.63, 3.8) is 0 Å². The van der Waals surface area contributed by atoms with Gasteiger partial charge in [0.15, 0.2) is 0 Å². The quantitative estimate of drug-likeness (QED) is 0.395. The van der Waals surface area contributed by atoms with E-state index in [1.807, 2.05) is 6.08 Å². The lowest BCUT2D eigenvalue weighted by Gasteiger charge is -2.24. The molecule has 2 aliphatic carbocycles. The lowest BCUT2D eigenvalue weighted by atomic mass is 9.80. The van der Waals surface area contributed by atoms with Crippen molar-refractivity contribution in [3.05, 3.63) is 23.8 Å². The Kier molecular flexibility index (Phi) is 7.90. The van der Waals surface area contributed by atoms with Crippen molar-refractivity contribution in [2.75, 3.05) is 0 Å². The van der Waals surface area contributed by atoms with Crippen LogP contribution in [0.1, 0.15) is 78.1 Å². The number of allylic oxidation sites excluding steroid dienone is 2. The van der Waals surface area contributed by atoms with Crippen LogP contribution in [0.3, 0.4) is 0 Å². The van der Waals surface area contributed by atoms with Crippen molar-refractivity contribution in [1.29, 1.82) is 0 Å². The molecule has 0 saturated heterocycles. The number of carboxylic acid groups (broad SMARTS) is 1. The van der Waals surface area contributed by atoms with E-state index >= 15 is 0 Å². The molecule has 3 N–H and O–H groups in total. The second-order valence-corrected chi connectivity index (χ2v) is 8.59. The van der Waals surface area contributed by atoms with Gasteiger partial charge >= 0.3 is 5.97 Å². The maximum absolute atomic E-state index is 10.6. The van der Waals surface area contributed by atoms with Crippen LogP contribution in [0.2, 0.25) is 0 Å². The molecule has 0 heterocycles. The van der Waals surface area contributed by atoms with E-state index in [0.29, 0.717) is 12.3 Å². The van der Waals surface area contributed by atoms with E-state index in [0.717, 1.165) is 51.4 Å². The SMILES string of the molecule is CCCCC[C@@H](O)/C=C/[C@H]1[C@H](O)C[C@]2(C)C/C(=C\CCCC(=O)O)C[C@H]12. The molecular weight excluding hydrogens is 328 g/mol. The number of aliphatic hydroxyl groups excluding tert-OH is 2. The third-order valence-electron chi connectivity index (χ3n) is 6.28. The fourth-order valence-electron chi connectivity index (χ4n) is 4.89. The molecule has 0 bridgehead atoms. The van der Waals surface area contributed by atoms with Gasteiger partial charge in [-0.1, -0.05) is 56.9 Å². The van der Waals surface area contributed by atoms with Gasteiger partial charge in [0.2, 0.25) is 0 Å². The van der Waals surface area contributed by atoms with Crippen molar-refractivity contribution < 1.29 is 20.1 Å². The molecular formula is C22H36O4. The van der Waals surface area contributed by atoms with Crippen LogP contribution in [0.5, 0.6) is 0 Å². The number of aliphatic carboxylic acids is 1. The molecule has 5 atom stereocenters. The van der Waals surface area contributed by atoms with Crippen LogP contribution in [0.15, 0.2) is 23.8 Å². The molecule has 2 rings (SSSR count). The normalized spacial score (nSPS) is 33.8. The second kappa shape index (κ2) is 9.70. The van der Waals surface area contributed by atoms with Crippen LogP contribution in [-0.2, 0) is 4.79 Å². The van der Waals surface area contributed by atoms with Gasteiger partial charge in [-0.3, -0.25) is 4.79 Å². The predicted octanol–water partition coefficient (Wildman–Crippen LogP) is 4.46. The van der Waals surface area contributed by atoms with E-state index in [9.17, 15) is 15.0 Å². The standard InChI is InChI=1S/C22H36O4/c1-3-4-5-9-17(23)11-12-18-19-13-16(8-6-7-10-21(25)26)14-22(19,2)15-20(18)24/h8,11-12,17-20,23-24H,3-7,9-10,13-15H2,1-2H3,(H,25,26)/b12-11+,16-8-/t17-,18-,19-,20-,22+/m1/s1. The minimum atomic E-state index is -0.732. The summed E-state index contributed by atoms with van der Waals surface area (Å²) in [5.74, 6) is -0.197. The van der Waals surface area contributed by atoms with Crippen LogP contribution >= 0.6 is 0 Å². The van der Waals surface area contributed by atoms with E-state index < -0.39 is 12.1 Å². The number of carbonyl (C=O) groups is 1. The first kappa shape index (κ1) is 21.2. The molecule has 148 valence electrons. The lowest BCUT2D eigenvalue weighted by molar-refractivity contribution is -0.137. The Bertz CT molecular complexity index is 524. The zero-order valence-electron chi connectivity index (χ0n) is 16.4. The monoisotopic (exact) mass is 364 g/mol. The summed E-state index contributed by atoms with van der Waals surface area (Å²) >= 11 is 0. The van der Waals surface area contributed by atoms with E-state index in [1.165, 1.54) is 5.57 Å². The third kappa shape index (κ3) is 5.68. The van der Waals surface area contributed by atoms with Crippen LogP contribution in [-0.4, -0.2) is 33.5 Å². The number of carboxylic acids is 1. The highest BCUT2D eigenvalue weighted by atomic mass is 16.4. The molecule has 0 radical (unpaired) electrons. The number of fused-ring (bicyclic) bond motifs is 1. The zero-order chi connectivity index (χ0) is 19.2. The van der Waals surface area contributed by atoms with E-state index in [1.54, 1.807) is 0 Å². The van der Waals surface area contributed by atoms with E-state index in [4.69, 9.17) is 5.11 Å². The number of hydrogen-bond acceptors (Lipinski definition) is 3. The Morgan fingerprint density at radius 2 is 2.12 bits per heavy atom. The molecule has 2 aliphatic rings. The molecule has 0 aromatic rings. The highest BCUT2D eigenvalue weighted by molar-refractivity contribution is 5.66. The van der Waals surface area contributed by atoms with Crippen molar-refractivity contribution in [2.45, 2.75) is 90.3 Å². The van der Waals surface area contributed by atoms with Crippen molar-refractivity contribution in [1.82, 2.24) is 0 Å². The van der Waals surface area contributed by atoms with Gasteiger partial charge in [-0.15, -0.1) is 0 Å². The minimum absolute atomic E-state index is 0.116. The largest absolute Gasteiger partial charge is 0.481 e. The Hall–Kier alpha value is -1.13. The fourth-order valence-corrected chi connectivity index (χ4v) is 4.89. The summed E-state index contributed by atoms with van der Waals surface area (Å²) in [7, 11) is 0. The molecule has 2 saturated carbocycles. The van der Waals surface area contributed by atoms with Crippen LogP contribution in [0.25, 0.3) is 0 Å². The zero-order valence-corrected chi connectivity index (χ0v) is 16.4. The molecule has 2 fully saturated rings. The lowest BCUT2D eigenvalue weighted by Crippen LogP contribution is -2.19. The Labute approximate surface area is 158 Å². The first-order chi connectivity index (χ1) is 12.4. The van der Waals surface area contributed by atoms with Gasteiger partial charge < -0.3 is 15.3 Å². The second-order valence-electron chi connectivity index (χ2n) is 8.59. The Morgan fingerprint density at radius 1 is 1.35 bits per heavy atom. The topological polar surface area (TPSA) is 77.8 Å². The Balaban J connectivity index is 1.91. The van der Waals surface area contributed by atoms with E-state index in [2.05, 4.69) is 26.0 Å². The molecule has 0 unspecified atom stereocenters. The molecule has 0 spiro atoms. The molecule has 4 heteroatoms. The van der Waals surface area contributed by atoms with Crippen LogP contribution < -0.4 is 0 Å². The fraction of sp³-hybridized carbons (Fsp3) is 0.773. The summed E-state index contributed by atoms with van der Waals surface area (Å²) in [5, 5.41) is 29.4. The average molecular weight is 365 g/mol. The molecule has 4 nitrogen and oxygen atoms in total. The average Bonchev–Trinajstić information content (AvgIpc) is 2.99. The highest BCUT2D eigenvalue weighted by Gasteiger charge is 2.52. The maximum Gasteiger partial charge on any atom is 0.303 e. The van der Waals surface area contributed by atoms with Gasteiger partial charge in [0.1, 0.15) is 0 Å². The van der Waals surface area contributed by atoms with Gasteiger partial charge in [0, 0.05) is 12.3 Å². The number of hydrogen-bond donors (Lipinski definition) is 3. The molecule has 0 amide bonds. The third-order valence-corrected chi connectivity index (χ3v) is 6.28. The Morgan fingerprint density at radius 3 is 2.81 bits per heavy atom. The van der Waals surface area contributed by atoms with Crippen molar-refractivity contribution in [2.24, 2.45) is 17.3 Å². The number of rotatable bonds is 10. The number of unbranched alkanes of at least 4 members (excludes halogenated alkanes) is 3. The summed E-state index contributed by atoms with van der Waals surface area (Å²) in [6.45, 7) is 4.43. The first-order valence-corrected chi connectivity index (χ1v) is 10.3.